The summed E-state index contributed by atoms with van der Waals surface area (Å²) in [4.78, 5) is 16.3. The first-order valence-electron chi connectivity index (χ1n) is 8.17. The van der Waals surface area contributed by atoms with Gasteiger partial charge in [0.1, 0.15) is 0 Å². The van der Waals surface area contributed by atoms with E-state index in [0.717, 1.165) is 32.4 Å². The van der Waals surface area contributed by atoms with Crippen LogP contribution in [-0.2, 0) is 17.8 Å². The minimum absolute atomic E-state index is 0.0771. The number of hydrogen-bond acceptors (Lipinski definition) is 4. The van der Waals surface area contributed by atoms with Gasteiger partial charge in [0, 0.05) is 43.2 Å². The lowest BCUT2D eigenvalue weighted by atomic mass is 9.92. The summed E-state index contributed by atoms with van der Waals surface area (Å²) in [6.07, 6.45) is 8.16. The van der Waals surface area contributed by atoms with Crippen LogP contribution in [0.25, 0.3) is 0 Å². The lowest BCUT2D eigenvalue weighted by Crippen LogP contribution is -2.40. The van der Waals surface area contributed by atoms with Crippen LogP contribution in [0.4, 0.5) is 5.82 Å². The lowest BCUT2D eigenvalue weighted by Gasteiger charge is -2.26. The van der Waals surface area contributed by atoms with E-state index in [1.54, 1.807) is 12.4 Å². The van der Waals surface area contributed by atoms with E-state index in [9.17, 15) is 4.79 Å². The number of carbonyl (C=O) groups excluding carboxylic acids is 1. The van der Waals surface area contributed by atoms with Gasteiger partial charge in [-0.2, -0.15) is 5.10 Å². The number of aryl methyl sites for hydroxylation is 2. The summed E-state index contributed by atoms with van der Waals surface area (Å²) in [6.45, 7) is 3.80. The van der Waals surface area contributed by atoms with Crippen LogP contribution < -0.4 is 10.6 Å². The number of rotatable bonds is 5. The molecule has 0 saturated carbocycles. The highest BCUT2D eigenvalue weighted by atomic mass is 16.2. The summed E-state index contributed by atoms with van der Waals surface area (Å²) in [5, 5.41) is 10.7. The number of piperidine rings is 1. The highest BCUT2D eigenvalue weighted by Gasteiger charge is 2.25. The SMILES string of the molecule is C[C@H]1C[C@@H](C(=O)Nc2ccn(CCc3ccncc3)n2)CCN1. The first kappa shape index (κ1) is 15.7. The fourth-order valence-corrected chi connectivity index (χ4v) is 2.94. The quantitative estimate of drug-likeness (QED) is 0.883. The van der Waals surface area contributed by atoms with E-state index in [4.69, 9.17) is 0 Å². The molecule has 3 rings (SSSR count). The third kappa shape index (κ3) is 4.39. The largest absolute Gasteiger partial charge is 0.314 e. The Hall–Kier alpha value is -2.21. The number of pyridine rings is 1. The van der Waals surface area contributed by atoms with Gasteiger partial charge in [-0.05, 0) is 50.4 Å². The Kier molecular flexibility index (Phi) is 5.02. The molecule has 2 aromatic rings. The molecule has 2 atom stereocenters. The molecular weight excluding hydrogens is 290 g/mol. The molecule has 1 aliphatic heterocycles. The van der Waals surface area contributed by atoms with Crippen molar-refractivity contribution in [1.82, 2.24) is 20.1 Å². The van der Waals surface area contributed by atoms with Crippen LogP contribution in [0.15, 0.2) is 36.8 Å². The van der Waals surface area contributed by atoms with Gasteiger partial charge in [-0.25, -0.2) is 0 Å². The van der Waals surface area contributed by atoms with Crippen molar-refractivity contribution < 1.29 is 4.79 Å². The molecule has 3 heterocycles. The van der Waals surface area contributed by atoms with Crippen LogP contribution in [0.5, 0.6) is 0 Å². The normalized spacial score (nSPS) is 21.1. The van der Waals surface area contributed by atoms with Crippen molar-refractivity contribution in [2.75, 3.05) is 11.9 Å². The van der Waals surface area contributed by atoms with Crippen LogP contribution in [0.3, 0.4) is 0 Å². The van der Waals surface area contributed by atoms with E-state index in [1.165, 1.54) is 5.56 Å². The zero-order valence-corrected chi connectivity index (χ0v) is 13.4. The maximum atomic E-state index is 12.3. The second-order valence-corrected chi connectivity index (χ2v) is 6.14. The van der Waals surface area contributed by atoms with Crippen molar-refractivity contribution in [3.63, 3.8) is 0 Å². The van der Waals surface area contributed by atoms with Crippen LogP contribution in [-0.4, -0.2) is 33.3 Å². The molecule has 1 saturated heterocycles. The molecular formula is C17H23N5O. The zero-order valence-electron chi connectivity index (χ0n) is 13.4. The number of nitrogens with zero attached hydrogens (tertiary/aromatic N) is 3. The minimum Gasteiger partial charge on any atom is -0.314 e. The van der Waals surface area contributed by atoms with Gasteiger partial charge in [-0.15, -0.1) is 0 Å². The summed E-state index contributed by atoms with van der Waals surface area (Å²) in [5.74, 6) is 0.793. The highest BCUT2D eigenvalue weighted by Crippen LogP contribution is 2.18. The molecule has 0 radical (unpaired) electrons. The van der Waals surface area contributed by atoms with Gasteiger partial charge in [-0.3, -0.25) is 14.5 Å². The summed E-state index contributed by atoms with van der Waals surface area (Å²) in [7, 11) is 0. The predicted molar refractivity (Wildman–Crippen MR) is 89.0 cm³/mol. The van der Waals surface area contributed by atoms with Gasteiger partial charge in [-0.1, -0.05) is 0 Å². The van der Waals surface area contributed by atoms with E-state index in [1.807, 2.05) is 29.1 Å². The summed E-state index contributed by atoms with van der Waals surface area (Å²) < 4.78 is 1.86. The predicted octanol–water partition coefficient (Wildman–Crippen LogP) is 1.85. The molecule has 1 amide bonds. The van der Waals surface area contributed by atoms with Gasteiger partial charge in [0.05, 0.1) is 0 Å². The Labute approximate surface area is 136 Å². The molecule has 23 heavy (non-hydrogen) atoms. The van der Waals surface area contributed by atoms with E-state index in [-0.39, 0.29) is 11.8 Å². The van der Waals surface area contributed by atoms with Crippen molar-refractivity contribution in [3.05, 3.63) is 42.4 Å². The molecule has 0 aliphatic carbocycles. The van der Waals surface area contributed by atoms with Crippen molar-refractivity contribution in [2.45, 2.75) is 38.8 Å². The second-order valence-electron chi connectivity index (χ2n) is 6.14. The van der Waals surface area contributed by atoms with Crippen LogP contribution in [0, 0.1) is 5.92 Å². The third-order valence-electron chi connectivity index (χ3n) is 4.27. The topological polar surface area (TPSA) is 71.8 Å². The van der Waals surface area contributed by atoms with E-state index in [0.29, 0.717) is 11.9 Å². The third-order valence-corrected chi connectivity index (χ3v) is 4.27. The van der Waals surface area contributed by atoms with Crippen LogP contribution in [0.2, 0.25) is 0 Å². The van der Waals surface area contributed by atoms with Gasteiger partial charge < -0.3 is 10.6 Å². The summed E-state index contributed by atoms with van der Waals surface area (Å²) in [5.41, 5.74) is 1.23. The molecule has 1 aliphatic rings. The smallest absolute Gasteiger partial charge is 0.228 e. The molecule has 0 unspecified atom stereocenters. The number of aromatic nitrogens is 3. The molecule has 2 aromatic heterocycles. The fraction of sp³-hybridized carbons (Fsp3) is 0.471. The Morgan fingerprint density at radius 2 is 2.22 bits per heavy atom. The highest BCUT2D eigenvalue weighted by molar-refractivity contribution is 5.91. The number of carbonyl (C=O) groups is 1. The molecule has 0 spiro atoms. The van der Waals surface area contributed by atoms with Gasteiger partial charge in [0.15, 0.2) is 5.82 Å². The summed E-state index contributed by atoms with van der Waals surface area (Å²) in [6, 6.07) is 6.27. The van der Waals surface area contributed by atoms with Crippen LogP contribution in [0.1, 0.15) is 25.3 Å². The van der Waals surface area contributed by atoms with E-state index >= 15 is 0 Å². The second kappa shape index (κ2) is 7.37. The standard InChI is InChI=1S/C17H23N5O/c1-13-12-15(4-9-19-13)17(23)20-16-6-11-22(21-16)10-5-14-2-7-18-8-3-14/h2-3,6-8,11,13,15,19H,4-5,9-10,12H2,1H3,(H,20,21,23)/t13-,15-/m0/s1. The fourth-order valence-electron chi connectivity index (χ4n) is 2.94. The van der Waals surface area contributed by atoms with Crippen molar-refractivity contribution in [2.24, 2.45) is 5.92 Å². The molecule has 6 heteroatoms. The van der Waals surface area contributed by atoms with Gasteiger partial charge in [0.2, 0.25) is 5.91 Å². The van der Waals surface area contributed by atoms with Crippen molar-refractivity contribution in [1.29, 1.82) is 0 Å². The van der Waals surface area contributed by atoms with Crippen molar-refractivity contribution >= 4 is 11.7 Å². The zero-order chi connectivity index (χ0) is 16.1. The average molecular weight is 313 g/mol. The minimum atomic E-state index is 0.0771. The van der Waals surface area contributed by atoms with E-state index in [2.05, 4.69) is 27.6 Å². The van der Waals surface area contributed by atoms with Crippen molar-refractivity contribution in [3.8, 4) is 0 Å². The Morgan fingerprint density at radius 3 is 3.00 bits per heavy atom. The Balaban J connectivity index is 1.51. The molecule has 0 bridgehead atoms. The van der Waals surface area contributed by atoms with Gasteiger partial charge >= 0.3 is 0 Å². The van der Waals surface area contributed by atoms with Gasteiger partial charge in [0.25, 0.3) is 0 Å². The first-order chi connectivity index (χ1) is 11.2. The van der Waals surface area contributed by atoms with E-state index < -0.39 is 0 Å². The lowest BCUT2D eigenvalue weighted by molar-refractivity contribution is -0.120. The summed E-state index contributed by atoms with van der Waals surface area (Å²) >= 11 is 0. The Morgan fingerprint density at radius 1 is 1.39 bits per heavy atom. The first-order valence-corrected chi connectivity index (χ1v) is 8.17. The number of hydrogen-bond donors (Lipinski definition) is 2. The molecule has 122 valence electrons. The monoisotopic (exact) mass is 313 g/mol. The number of anilines is 1. The molecule has 1 fully saturated rings. The maximum Gasteiger partial charge on any atom is 0.228 e. The molecule has 0 aromatic carbocycles. The Bertz CT molecular complexity index is 639. The average Bonchev–Trinajstić information content (AvgIpc) is 3.01. The maximum absolute atomic E-state index is 12.3. The van der Waals surface area contributed by atoms with Crippen LogP contribution >= 0.6 is 0 Å². The number of nitrogens with one attached hydrogen (secondary N) is 2. The molecule has 6 nitrogen and oxygen atoms in total. The number of amides is 1. The molecule has 2 N–H and O–H groups in total.